The van der Waals surface area contributed by atoms with Gasteiger partial charge in [-0.25, -0.2) is 18.6 Å². The second-order valence-electron chi connectivity index (χ2n) is 8.10. The number of ketones is 1. The molecule has 34 heavy (non-hydrogen) atoms. The van der Waals surface area contributed by atoms with Gasteiger partial charge in [-0.1, -0.05) is 0 Å². The lowest BCUT2D eigenvalue weighted by molar-refractivity contribution is 0.100. The van der Waals surface area contributed by atoms with Gasteiger partial charge in [-0.15, -0.1) is 0 Å². The van der Waals surface area contributed by atoms with E-state index in [9.17, 15) is 18.4 Å². The number of Topliss-reactive ketones (excluding diaryl/α,β-unsaturated/α-hetero) is 1. The minimum atomic E-state index is -0.746. The Labute approximate surface area is 194 Å². The number of hydrogen-bond acceptors (Lipinski definition) is 5. The molecule has 9 heteroatoms. The average molecular weight is 467 g/mol. The molecule has 0 atom stereocenters. The molecule has 0 saturated carbocycles. The van der Waals surface area contributed by atoms with E-state index < -0.39 is 17.7 Å². The zero-order valence-electron chi connectivity index (χ0n) is 18.9. The summed E-state index contributed by atoms with van der Waals surface area (Å²) in [4.78, 5) is 30.2. The number of rotatable bonds is 7. The van der Waals surface area contributed by atoms with E-state index >= 15 is 0 Å². The number of oxazole rings is 1. The number of ether oxygens (including phenoxy) is 1. The third-order valence-corrected chi connectivity index (χ3v) is 5.13. The van der Waals surface area contributed by atoms with Gasteiger partial charge in [-0.2, -0.15) is 0 Å². The Hall–Kier alpha value is -4.01. The monoisotopic (exact) mass is 467 g/mol. The number of carbonyl (C=O) groups is 2. The van der Waals surface area contributed by atoms with Crippen LogP contribution in [0.25, 0.3) is 10.9 Å². The fraction of sp³-hybridized carbons (Fsp3) is 0.240. The zero-order valence-corrected chi connectivity index (χ0v) is 18.9. The largest absolute Gasteiger partial charge is 0.491 e. The first-order chi connectivity index (χ1) is 16.2. The molecule has 0 spiro atoms. The summed E-state index contributed by atoms with van der Waals surface area (Å²) in [6, 6.07) is 7.62. The Bertz CT molecular complexity index is 1340. The number of amides is 1. The van der Waals surface area contributed by atoms with Crippen LogP contribution in [0.1, 0.15) is 48.3 Å². The Balaban J connectivity index is 1.80. The van der Waals surface area contributed by atoms with Crippen LogP contribution in [0.2, 0.25) is 0 Å². The molecule has 0 aliphatic rings. The highest BCUT2D eigenvalue weighted by atomic mass is 19.1. The summed E-state index contributed by atoms with van der Waals surface area (Å²) in [6.45, 7) is 4.98. The topological polar surface area (TPSA) is 86.4 Å². The van der Waals surface area contributed by atoms with Gasteiger partial charge in [0.25, 0.3) is 0 Å². The van der Waals surface area contributed by atoms with Crippen LogP contribution in [0.4, 0.5) is 13.6 Å². The van der Waals surface area contributed by atoms with E-state index in [-0.39, 0.29) is 36.1 Å². The molecule has 1 amide bonds. The maximum absolute atomic E-state index is 13.6. The van der Waals surface area contributed by atoms with Gasteiger partial charge in [-0.3, -0.25) is 9.36 Å². The second kappa shape index (κ2) is 9.46. The number of benzene rings is 2. The van der Waals surface area contributed by atoms with Crippen molar-refractivity contribution in [2.75, 3.05) is 0 Å². The number of nitrogens with one attached hydrogen (secondary N) is 1. The van der Waals surface area contributed by atoms with Crippen LogP contribution >= 0.6 is 0 Å². The highest BCUT2D eigenvalue weighted by Crippen LogP contribution is 2.32. The normalized spacial score (nSPS) is 11.2. The van der Waals surface area contributed by atoms with Crippen molar-refractivity contribution in [3.63, 3.8) is 0 Å². The van der Waals surface area contributed by atoms with Crippen molar-refractivity contribution in [1.29, 1.82) is 0 Å². The van der Waals surface area contributed by atoms with Crippen molar-refractivity contribution in [3.05, 3.63) is 83.2 Å². The van der Waals surface area contributed by atoms with Crippen LogP contribution in [0, 0.1) is 11.6 Å². The molecule has 0 aliphatic carbocycles. The summed E-state index contributed by atoms with van der Waals surface area (Å²) < 4.78 is 39.5. The summed E-state index contributed by atoms with van der Waals surface area (Å²) in [7, 11) is 0. The van der Waals surface area contributed by atoms with Gasteiger partial charge >= 0.3 is 6.03 Å². The van der Waals surface area contributed by atoms with Gasteiger partial charge in [-0.05, 0) is 49.2 Å². The maximum atomic E-state index is 13.6. The molecule has 0 radical (unpaired) electrons. The average Bonchev–Trinajstić information content (AvgIpc) is 3.37. The van der Waals surface area contributed by atoms with Crippen molar-refractivity contribution >= 4 is 22.7 Å². The van der Waals surface area contributed by atoms with Crippen LogP contribution in [0.15, 0.2) is 53.3 Å². The maximum Gasteiger partial charge on any atom is 0.326 e. The predicted octanol–water partition coefficient (Wildman–Crippen LogP) is 5.25. The molecule has 2 aromatic heterocycles. The summed E-state index contributed by atoms with van der Waals surface area (Å²) in [5.41, 5.74) is 1.44. The lowest BCUT2D eigenvalue weighted by Gasteiger charge is -2.12. The summed E-state index contributed by atoms with van der Waals surface area (Å²) in [6.07, 6.45) is 3.03. The molecular formula is C25H23F2N3O4. The Morgan fingerprint density at radius 3 is 2.50 bits per heavy atom. The molecule has 0 saturated heterocycles. The van der Waals surface area contributed by atoms with Gasteiger partial charge in [0.15, 0.2) is 11.7 Å². The van der Waals surface area contributed by atoms with Crippen LogP contribution in [0.5, 0.6) is 5.75 Å². The SMILES string of the molecule is CC(=O)c1c(Cc2ncco2)c2ccc(OC(C)C)cc2n1C(=O)NCc1cc(F)cc(F)c1. The molecule has 0 bridgehead atoms. The molecular weight excluding hydrogens is 444 g/mol. The van der Waals surface area contributed by atoms with Crippen molar-refractivity contribution in [2.24, 2.45) is 0 Å². The fourth-order valence-corrected chi connectivity index (χ4v) is 3.90. The van der Waals surface area contributed by atoms with Crippen molar-refractivity contribution < 1.29 is 27.5 Å². The molecule has 0 fully saturated rings. The van der Waals surface area contributed by atoms with Gasteiger partial charge in [0.05, 0.1) is 29.9 Å². The van der Waals surface area contributed by atoms with E-state index in [0.29, 0.717) is 28.1 Å². The Morgan fingerprint density at radius 1 is 1.15 bits per heavy atom. The van der Waals surface area contributed by atoms with Crippen LogP contribution in [0.3, 0.4) is 0 Å². The molecule has 4 rings (SSSR count). The van der Waals surface area contributed by atoms with E-state index in [0.717, 1.165) is 18.2 Å². The van der Waals surface area contributed by atoms with Gasteiger partial charge in [0, 0.05) is 31.0 Å². The quantitative estimate of drug-likeness (QED) is 0.376. The number of aromatic nitrogens is 2. The lowest BCUT2D eigenvalue weighted by atomic mass is 10.1. The summed E-state index contributed by atoms with van der Waals surface area (Å²) in [5.74, 6) is -0.914. The number of hydrogen-bond donors (Lipinski definition) is 1. The van der Waals surface area contributed by atoms with Gasteiger partial charge in [0.1, 0.15) is 23.6 Å². The second-order valence-corrected chi connectivity index (χ2v) is 8.10. The lowest BCUT2D eigenvalue weighted by Crippen LogP contribution is -2.30. The molecule has 7 nitrogen and oxygen atoms in total. The van der Waals surface area contributed by atoms with E-state index in [1.165, 1.54) is 24.0 Å². The molecule has 0 unspecified atom stereocenters. The Morgan fingerprint density at radius 2 is 1.88 bits per heavy atom. The van der Waals surface area contributed by atoms with Crippen LogP contribution in [-0.2, 0) is 13.0 Å². The summed E-state index contributed by atoms with van der Waals surface area (Å²) >= 11 is 0. The molecule has 1 N–H and O–H groups in total. The minimum Gasteiger partial charge on any atom is -0.491 e. The standard InChI is InChI=1S/C25H23F2N3O4/c1-14(2)34-19-4-5-20-21(12-23-28-6-7-33-23)24(15(3)31)30(22(20)11-19)25(32)29-13-16-8-17(26)10-18(27)9-16/h4-11,14H,12-13H2,1-3H3,(H,29,32). The number of nitrogens with zero attached hydrogens (tertiary/aromatic N) is 2. The number of halogens is 2. The molecule has 176 valence electrons. The third kappa shape index (κ3) is 4.83. The van der Waals surface area contributed by atoms with Crippen LogP contribution in [-0.4, -0.2) is 27.5 Å². The molecule has 0 aliphatic heterocycles. The third-order valence-electron chi connectivity index (χ3n) is 5.13. The van der Waals surface area contributed by atoms with E-state index in [1.807, 2.05) is 13.8 Å². The first-order valence-corrected chi connectivity index (χ1v) is 10.7. The minimum absolute atomic E-state index is 0.100. The smallest absolute Gasteiger partial charge is 0.326 e. The molecule has 4 aromatic rings. The Kier molecular flexibility index (Phi) is 6.45. The van der Waals surface area contributed by atoms with E-state index in [2.05, 4.69) is 10.3 Å². The first-order valence-electron chi connectivity index (χ1n) is 10.7. The fourth-order valence-electron chi connectivity index (χ4n) is 3.90. The highest BCUT2D eigenvalue weighted by molar-refractivity contribution is 6.07. The predicted molar refractivity (Wildman–Crippen MR) is 121 cm³/mol. The molecule has 2 heterocycles. The van der Waals surface area contributed by atoms with E-state index in [4.69, 9.17) is 9.15 Å². The van der Waals surface area contributed by atoms with Crippen LogP contribution < -0.4 is 10.1 Å². The number of fused-ring (bicyclic) bond motifs is 1. The van der Waals surface area contributed by atoms with Crippen molar-refractivity contribution in [2.45, 2.75) is 39.8 Å². The van der Waals surface area contributed by atoms with Gasteiger partial charge in [0.2, 0.25) is 0 Å². The van der Waals surface area contributed by atoms with Crippen molar-refractivity contribution in [1.82, 2.24) is 14.9 Å². The summed E-state index contributed by atoms with van der Waals surface area (Å²) in [5, 5.41) is 3.31. The number of carbonyl (C=O) groups excluding carboxylic acids is 2. The zero-order chi connectivity index (χ0) is 24.4. The van der Waals surface area contributed by atoms with Gasteiger partial charge < -0.3 is 14.5 Å². The van der Waals surface area contributed by atoms with E-state index in [1.54, 1.807) is 18.2 Å². The molecule has 2 aromatic carbocycles. The highest BCUT2D eigenvalue weighted by Gasteiger charge is 2.26. The van der Waals surface area contributed by atoms with Crippen molar-refractivity contribution in [3.8, 4) is 5.75 Å². The first kappa shape index (κ1) is 23.2.